The molecule has 198 valence electrons. The van der Waals surface area contributed by atoms with Crippen molar-refractivity contribution in [3.63, 3.8) is 0 Å². The van der Waals surface area contributed by atoms with Crippen molar-refractivity contribution in [3.05, 3.63) is 59.7 Å². The van der Waals surface area contributed by atoms with Crippen LogP contribution in [0.4, 0.5) is 17.6 Å². The monoisotopic (exact) mass is 506 g/mol. The minimum Gasteiger partial charge on any atom is -0.435 e. The van der Waals surface area contributed by atoms with E-state index in [0.717, 1.165) is 42.1 Å². The van der Waals surface area contributed by atoms with Crippen LogP contribution in [0.25, 0.3) is 0 Å². The van der Waals surface area contributed by atoms with Crippen molar-refractivity contribution in [3.8, 4) is 11.5 Å². The van der Waals surface area contributed by atoms with Gasteiger partial charge in [0.25, 0.3) is 0 Å². The first-order valence-electron chi connectivity index (χ1n) is 13.5. The van der Waals surface area contributed by atoms with E-state index >= 15 is 0 Å². The van der Waals surface area contributed by atoms with Gasteiger partial charge >= 0.3 is 12.7 Å². The van der Waals surface area contributed by atoms with Crippen LogP contribution in [0, 0.1) is 23.7 Å². The average molecular weight is 507 g/mol. The predicted molar refractivity (Wildman–Crippen MR) is 134 cm³/mol. The first-order valence-corrected chi connectivity index (χ1v) is 13.5. The zero-order valence-corrected chi connectivity index (χ0v) is 21.1. The van der Waals surface area contributed by atoms with E-state index in [4.69, 9.17) is 4.74 Å². The van der Waals surface area contributed by atoms with E-state index in [2.05, 4.69) is 11.7 Å². The zero-order chi connectivity index (χ0) is 25.5. The molecule has 2 aliphatic rings. The fraction of sp³-hybridized carbons (Fsp3) is 0.600. The molecule has 0 saturated heterocycles. The Kier molecular flexibility index (Phi) is 9.19. The Labute approximate surface area is 212 Å². The van der Waals surface area contributed by atoms with Gasteiger partial charge in [0.1, 0.15) is 11.5 Å². The van der Waals surface area contributed by atoms with Gasteiger partial charge in [0, 0.05) is 0 Å². The number of hydrogen-bond acceptors (Lipinski definition) is 2. The lowest BCUT2D eigenvalue weighted by molar-refractivity contribution is -0.185. The lowest BCUT2D eigenvalue weighted by atomic mass is 9.68. The third kappa shape index (κ3) is 7.39. The molecule has 0 heterocycles. The molecular weight excluding hydrogens is 468 g/mol. The summed E-state index contributed by atoms with van der Waals surface area (Å²) in [6.45, 7) is -0.649. The van der Waals surface area contributed by atoms with Crippen LogP contribution < -0.4 is 9.47 Å². The van der Waals surface area contributed by atoms with E-state index in [0.29, 0.717) is 0 Å². The molecule has 6 heteroatoms. The maximum absolute atomic E-state index is 14.6. The molecule has 0 bridgehead atoms. The summed E-state index contributed by atoms with van der Waals surface area (Å²) >= 11 is 0. The van der Waals surface area contributed by atoms with Gasteiger partial charge in [0.2, 0.25) is 0 Å². The van der Waals surface area contributed by atoms with Gasteiger partial charge in [-0.25, -0.2) is 0 Å². The van der Waals surface area contributed by atoms with Crippen LogP contribution in [-0.4, -0.2) is 6.61 Å². The van der Waals surface area contributed by atoms with Crippen LogP contribution >= 0.6 is 0 Å². The van der Waals surface area contributed by atoms with E-state index in [1.165, 1.54) is 94.2 Å². The van der Waals surface area contributed by atoms with Crippen molar-refractivity contribution in [1.29, 1.82) is 0 Å². The molecule has 4 rings (SSSR count). The molecule has 0 radical (unpaired) electrons. The highest BCUT2D eigenvalue weighted by atomic mass is 19.3. The smallest absolute Gasteiger partial charge is 0.426 e. The molecule has 0 unspecified atom stereocenters. The van der Waals surface area contributed by atoms with Gasteiger partial charge in [-0.1, -0.05) is 51.2 Å². The molecule has 2 nitrogen and oxygen atoms in total. The van der Waals surface area contributed by atoms with E-state index in [-0.39, 0.29) is 17.1 Å². The lowest BCUT2D eigenvalue weighted by Gasteiger charge is -2.37. The summed E-state index contributed by atoms with van der Waals surface area (Å²) in [7, 11) is 0. The summed E-state index contributed by atoms with van der Waals surface area (Å²) < 4.78 is 62.8. The Bertz CT molecular complexity index is 913. The maximum Gasteiger partial charge on any atom is 0.426 e. The van der Waals surface area contributed by atoms with Crippen LogP contribution in [0.2, 0.25) is 0 Å². The summed E-state index contributed by atoms with van der Waals surface area (Å²) in [4.78, 5) is 0. The van der Waals surface area contributed by atoms with Crippen molar-refractivity contribution < 1.29 is 27.0 Å². The van der Waals surface area contributed by atoms with Gasteiger partial charge in [0.05, 0.1) is 5.56 Å². The molecule has 2 aromatic rings. The third-order valence-electron chi connectivity index (χ3n) is 8.45. The quantitative estimate of drug-likeness (QED) is 0.299. The molecule has 0 aromatic heterocycles. The average Bonchev–Trinajstić information content (AvgIpc) is 2.89. The number of aryl methyl sites for hydroxylation is 1. The topological polar surface area (TPSA) is 18.5 Å². The molecule has 2 aromatic carbocycles. The fourth-order valence-corrected chi connectivity index (χ4v) is 6.15. The lowest BCUT2D eigenvalue weighted by Crippen LogP contribution is -2.25. The molecule has 0 aliphatic heterocycles. The van der Waals surface area contributed by atoms with E-state index in [1.807, 2.05) is 0 Å². The number of alkyl halides is 4. The molecule has 2 aliphatic carbocycles. The van der Waals surface area contributed by atoms with Crippen molar-refractivity contribution in [1.82, 2.24) is 0 Å². The van der Waals surface area contributed by atoms with E-state index in [9.17, 15) is 17.6 Å². The Balaban J connectivity index is 1.21. The molecule has 36 heavy (non-hydrogen) atoms. The van der Waals surface area contributed by atoms with Gasteiger partial charge in [0.15, 0.2) is 0 Å². The van der Waals surface area contributed by atoms with Crippen molar-refractivity contribution in [2.24, 2.45) is 23.7 Å². The number of benzene rings is 2. The molecule has 2 saturated carbocycles. The second-order valence-electron chi connectivity index (χ2n) is 10.7. The van der Waals surface area contributed by atoms with Crippen LogP contribution in [-0.2, 0) is 12.5 Å². The van der Waals surface area contributed by atoms with Crippen LogP contribution in [0.15, 0.2) is 48.5 Å². The first kappa shape index (κ1) is 26.8. The van der Waals surface area contributed by atoms with Crippen molar-refractivity contribution >= 4 is 0 Å². The molecule has 0 atom stereocenters. The fourth-order valence-electron chi connectivity index (χ4n) is 6.15. The number of rotatable bonds is 10. The second kappa shape index (κ2) is 12.3. The number of hydrogen-bond donors (Lipinski definition) is 0. The highest BCUT2D eigenvalue weighted by Crippen LogP contribution is 2.42. The summed E-state index contributed by atoms with van der Waals surface area (Å²) in [5.41, 5.74) is 0.820. The highest BCUT2D eigenvalue weighted by Gasteiger charge is 2.34. The first-order chi connectivity index (χ1) is 17.3. The van der Waals surface area contributed by atoms with Crippen molar-refractivity contribution in [2.45, 2.75) is 90.3 Å². The highest BCUT2D eigenvalue weighted by molar-refractivity contribution is 5.32. The van der Waals surface area contributed by atoms with Gasteiger partial charge < -0.3 is 9.47 Å². The molecule has 0 amide bonds. The number of halogens is 4. The second-order valence-corrected chi connectivity index (χ2v) is 10.7. The van der Waals surface area contributed by atoms with Crippen LogP contribution in [0.3, 0.4) is 0 Å². The van der Waals surface area contributed by atoms with Gasteiger partial charge in [-0.2, -0.15) is 17.6 Å². The summed E-state index contributed by atoms with van der Waals surface area (Å²) in [5, 5.41) is 0. The summed E-state index contributed by atoms with van der Waals surface area (Å²) in [6.07, 6.45) is 10.8. The Morgan fingerprint density at radius 2 is 1.28 bits per heavy atom. The molecule has 2 fully saturated rings. The third-order valence-corrected chi connectivity index (χ3v) is 8.45. The zero-order valence-electron chi connectivity index (χ0n) is 21.1. The minimum absolute atomic E-state index is 0.113. The van der Waals surface area contributed by atoms with E-state index < -0.39 is 12.7 Å². The summed E-state index contributed by atoms with van der Waals surface area (Å²) in [5.74, 6) is 3.30. The van der Waals surface area contributed by atoms with Gasteiger partial charge in [-0.3, -0.25) is 0 Å². The van der Waals surface area contributed by atoms with Gasteiger partial charge in [-0.05, 0) is 104 Å². The Morgan fingerprint density at radius 3 is 1.81 bits per heavy atom. The standard InChI is InChI=1S/C30H38F4O2/c1-2-21-5-11-24(12-6-21)25-13-7-22(8-14-25)3-4-23-9-15-26(16-10-23)30(33,34)36-28-19-17-27(18-20-28)35-29(31)32/h9-10,15-22,24-25,29H,2-8,11-14H2,1H3/t21-,22?,24-,25?. The molecule has 0 N–H and O–H groups in total. The number of ether oxygens (including phenoxy) is 2. The van der Waals surface area contributed by atoms with E-state index in [1.54, 1.807) is 12.1 Å². The predicted octanol–water partition coefficient (Wildman–Crippen LogP) is 9.37. The maximum atomic E-state index is 14.6. The van der Waals surface area contributed by atoms with Gasteiger partial charge in [-0.15, -0.1) is 0 Å². The Morgan fingerprint density at radius 1 is 0.750 bits per heavy atom. The molecule has 0 spiro atoms. The molecular formula is C30H38F4O2. The normalized spacial score (nSPS) is 25.1. The minimum atomic E-state index is -3.53. The summed E-state index contributed by atoms with van der Waals surface area (Å²) in [6, 6.07) is 11.0. The van der Waals surface area contributed by atoms with Crippen LogP contribution in [0.1, 0.15) is 82.3 Å². The van der Waals surface area contributed by atoms with Crippen LogP contribution in [0.5, 0.6) is 11.5 Å². The SMILES string of the molecule is CC[C@H]1CC[C@H](C2CCC(CCc3ccc(C(F)(F)Oc4ccc(OC(F)F)cc4)cc3)CC2)CC1. The Hall–Kier alpha value is -2.24. The van der Waals surface area contributed by atoms with Crippen molar-refractivity contribution in [2.75, 3.05) is 0 Å². The largest absolute Gasteiger partial charge is 0.435 e.